The second kappa shape index (κ2) is 8.77. The highest BCUT2D eigenvalue weighted by atomic mass is 19.4. The number of hydrogen-bond donors (Lipinski definition) is 2. The first-order valence-corrected chi connectivity index (χ1v) is 11.2. The summed E-state index contributed by atoms with van der Waals surface area (Å²) in [6.45, 7) is 3.23. The molecule has 2 fully saturated rings. The highest BCUT2D eigenvalue weighted by Crippen LogP contribution is 2.37. The quantitative estimate of drug-likeness (QED) is 0.636. The average molecular weight is 477 g/mol. The van der Waals surface area contributed by atoms with E-state index in [0.29, 0.717) is 24.5 Å². The lowest BCUT2D eigenvalue weighted by Gasteiger charge is -2.34. The SMILES string of the molecule is CCC1CCC2(CC1)NC(=O)N(CC(=O)Nc1cc(C)nn1-c1cccc(C(F)(F)F)c1)C2=O. The second-order valence-corrected chi connectivity index (χ2v) is 8.93. The summed E-state index contributed by atoms with van der Waals surface area (Å²) < 4.78 is 40.5. The zero-order valence-electron chi connectivity index (χ0n) is 18.9. The van der Waals surface area contributed by atoms with Gasteiger partial charge in [0, 0.05) is 6.07 Å². The molecule has 0 unspecified atom stereocenters. The number of carbonyl (C=O) groups is 3. The number of urea groups is 1. The molecule has 1 aliphatic heterocycles. The van der Waals surface area contributed by atoms with Crippen LogP contribution in [-0.2, 0) is 15.8 Å². The fourth-order valence-corrected chi connectivity index (χ4v) is 4.66. The summed E-state index contributed by atoms with van der Waals surface area (Å²) in [5.74, 6) is -0.417. The zero-order chi connectivity index (χ0) is 24.7. The molecule has 4 amide bonds. The Morgan fingerprint density at radius 3 is 2.59 bits per heavy atom. The van der Waals surface area contributed by atoms with E-state index < -0.39 is 41.7 Å². The molecule has 34 heavy (non-hydrogen) atoms. The summed E-state index contributed by atoms with van der Waals surface area (Å²) in [4.78, 5) is 39.2. The second-order valence-electron chi connectivity index (χ2n) is 8.93. The van der Waals surface area contributed by atoms with E-state index in [1.807, 2.05) is 0 Å². The van der Waals surface area contributed by atoms with Gasteiger partial charge in [-0.05, 0) is 56.7 Å². The molecule has 1 saturated carbocycles. The number of halogens is 3. The first-order valence-electron chi connectivity index (χ1n) is 11.2. The normalized spacial score (nSPS) is 22.9. The summed E-state index contributed by atoms with van der Waals surface area (Å²) >= 11 is 0. The van der Waals surface area contributed by atoms with Crippen molar-refractivity contribution < 1.29 is 27.6 Å². The van der Waals surface area contributed by atoms with Crippen LogP contribution in [-0.4, -0.2) is 44.6 Å². The number of carbonyl (C=O) groups excluding carboxylic acids is 3. The monoisotopic (exact) mass is 477 g/mol. The number of aromatic nitrogens is 2. The van der Waals surface area contributed by atoms with Crippen LogP contribution in [0.3, 0.4) is 0 Å². The number of rotatable bonds is 5. The molecule has 182 valence electrons. The number of nitrogens with zero attached hydrogens (tertiary/aromatic N) is 3. The van der Waals surface area contributed by atoms with Crippen LogP contribution in [0, 0.1) is 12.8 Å². The topological polar surface area (TPSA) is 96.3 Å². The summed E-state index contributed by atoms with van der Waals surface area (Å²) in [6, 6.07) is 5.44. The molecular formula is C23H26F3N5O3. The molecule has 1 spiro atoms. The van der Waals surface area contributed by atoms with Gasteiger partial charge in [-0.1, -0.05) is 19.4 Å². The van der Waals surface area contributed by atoms with Gasteiger partial charge in [-0.3, -0.25) is 14.5 Å². The van der Waals surface area contributed by atoms with E-state index in [0.717, 1.165) is 36.3 Å². The van der Waals surface area contributed by atoms with Gasteiger partial charge in [0.2, 0.25) is 5.91 Å². The molecule has 1 aromatic heterocycles. The Hall–Kier alpha value is -3.37. The third-order valence-electron chi connectivity index (χ3n) is 6.60. The predicted molar refractivity (Wildman–Crippen MR) is 117 cm³/mol. The third-order valence-corrected chi connectivity index (χ3v) is 6.60. The number of imide groups is 1. The van der Waals surface area contributed by atoms with E-state index in [9.17, 15) is 27.6 Å². The van der Waals surface area contributed by atoms with Crippen molar-refractivity contribution in [3.8, 4) is 5.69 Å². The molecule has 0 radical (unpaired) electrons. The van der Waals surface area contributed by atoms with Crippen LogP contribution in [0.15, 0.2) is 30.3 Å². The van der Waals surface area contributed by atoms with Crippen LogP contribution in [0.5, 0.6) is 0 Å². The number of nitrogens with one attached hydrogen (secondary N) is 2. The minimum atomic E-state index is -4.53. The van der Waals surface area contributed by atoms with Crippen LogP contribution >= 0.6 is 0 Å². The Morgan fingerprint density at radius 2 is 1.94 bits per heavy atom. The maximum atomic E-state index is 13.1. The Kier molecular flexibility index (Phi) is 6.13. The van der Waals surface area contributed by atoms with Crippen molar-refractivity contribution in [2.75, 3.05) is 11.9 Å². The third kappa shape index (κ3) is 4.51. The van der Waals surface area contributed by atoms with E-state index in [1.165, 1.54) is 22.9 Å². The number of anilines is 1. The predicted octanol–water partition coefficient (Wildman–Crippen LogP) is 4.03. The van der Waals surface area contributed by atoms with E-state index in [2.05, 4.69) is 22.7 Å². The molecule has 2 N–H and O–H groups in total. The van der Waals surface area contributed by atoms with Gasteiger partial charge in [0.1, 0.15) is 17.9 Å². The first-order chi connectivity index (χ1) is 16.0. The maximum absolute atomic E-state index is 13.1. The maximum Gasteiger partial charge on any atom is 0.416 e. The van der Waals surface area contributed by atoms with Crippen molar-refractivity contribution in [2.24, 2.45) is 5.92 Å². The molecule has 1 aromatic carbocycles. The number of alkyl halides is 3. The summed E-state index contributed by atoms with van der Waals surface area (Å²) in [5.41, 5.74) is -1.23. The van der Waals surface area contributed by atoms with E-state index >= 15 is 0 Å². The van der Waals surface area contributed by atoms with Crippen LogP contribution in [0.25, 0.3) is 5.69 Å². The molecule has 4 rings (SSSR count). The molecule has 0 bridgehead atoms. The average Bonchev–Trinajstić information content (AvgIpc) is 3.26. The van der Waals surface area contributed by atoms with Gasteiger partial charge in [-0.25, -0.2) is 9.48 Å². The molecule has 2 heterocycles. The van der Waals surface area contributed by atoms with Gasteiger partial charge in [-0.15, -0.1) is 0 Å². The Balaban J connectivity index is 1.49. The summed E-state index contributed by atoms with van der Waals surface area (Å²) in [7, 11) is 0. The standard InChI is InChI=1S/C23H26F3N5O3/c1-3-15-7-9-22(10-8-15)20(33)30(21(34)28-22)13-19(32)27-18-11-14(2)29-31(18)17-6-4-5-16(12-17)23(24,25)26/h4-6,11-12,15H,3,7-10,13H2,1-2H3,(H,27,32)(H,28,34). The first kappa shape index (κ1) is 23.8. The molecule has 8 nitrogen and oxygen atoms in total. The zero-order valence-corrected chi connectivity index (χ0v) is 18.9. The van der Waals surface area contributed by atoms with Crippen LogP contribution in [0.1, 0.15) is 50.3 Å². The molecule has 0 atom stereocenters. The Bertz CT molecular complexity index is 1120. The van der Waals surface area contributed by atoms with Crippen molar-refractivity contribution in [1.82, 2.24) is 20.0 Å². The van der Waals surface area contributed by atoms with Gasteiger partial charge in [-0.2, -0.15) is 18.3 Å². The van der Waals surface area contributed by atoms with Crippen molar-refractivity contribution in [3.05, 3.63) is 41.6 Å². The van der Waals surface area contributed by atoms with Gasteiger partial charge in [0.05, 0.1) is 16.9 Å². The Labute approximate surface area is 194 Å². The fraction of sp³-hybridized carbons (Fsp3) is 0.478. The van der Waals surface area contributed by atoms with Gasteiger partial charge >= 0.3 is 12.2 Å². The summed E-state index contributed by atoms with van der Waals surface area (Å²) in [5, 5.41) is 9.53. The molecule has 11 heteroatoms. The molecule has 1 aliphatic carbocycles. The highest BCUT2D eigenvalue weighted by Gasteiger charge is 2.52. The van der Waals surface area contributed by atoms with E-state index in [1.54, 1.807) is 6.92 Å². The molecule has 2 aliphatic rings. The van der Waals surface area contributed by atoms with Crippen LogP contribution < -0.4 is 10.6 Å². The smallest absolute Gasteiger partial charge is 0.323 e. The number of aryl methyl sites for hydroxylation is 1. The van der Waals surface area contributed by atoms with Gasteiger partial charge in [0.15, 0.2) is 0 Å². The lowest BCUT2D eigenvalue weighted by atomic mass is 9.75. The minimum Gasteiger partial charge on any atom is -0.323 e. The lowest BCUT2D eigenvalue weighted by Crippen LogP contribution is -2.49. The number of benzene rings is 1. The van der Waals surface area contributed by atoms with Gasteiger partial charge < -0.3 is 10.6 Å². The summed E-state index contributed by atoms with van der Waals surface area (Å²) in [6.07, 6.45) is -0.776. The fourth-order valence-electron chi connectivity index (χ4n) is 4.66. The molecular weight excluding hydrogens is 451 g/mol. The van der Waals surface area contributed by atoms with Crippen LogP contribution in [0.4, 0.5) is 23.8 Å². The van der Waals surface area contributed by atoms with Gasteiger partial charge in [0.25, 0.3) is 5.91 Å². The highest BCUT2D eigenvalue weighted by molar-refractivity contribution is 6.10. The number of hydrogen-bond acceptors (Lipinski definition) is 4. The van der Waals surface area contributed by atoms with Crippen molar-refractivity contribution in [2.45, 2.75) is 57.7 Å². The minimum absolute atomic E-state index is 0.111. The molecule has 1 saturated heterocycles. The van der Waals surface area contributed by atoms with Crippen molar-refractivity contribution >= 4 is 23.7 Å². The van der Waals surface area contributed by atoms with E-state index in [4.69, 9.17) is 0 Å². The van der Waals surface area contributed by atoms with Crippen LogP contribution in [0.2, 0.25) is 0 Å². The van der Waals surface area contributed by atoms with Crippen molar-refractivity contribution in [1.29, 1.82) is 0 Å². The largest absolute Gasteiger partial charge is 0.416 e. The van der Waals surface area contributed by atoms with Crippen molar-refractivity contribution in [3.63, 3.8) is 0 Å². The number of amides is 4. The van der Waals surface area contributed by atoms with E-state index in [-0.39, 0.29) is 11.5 Å². The Morgan fingerprint density at radius 1 is 1.24 bits per heavy atom. The molecule has 2 aromatic rings. The lowest BCUT2D eigenvalue weighted by molar-refractivity contribution is -0.137.